The summed E-state index contributed by atoms with van der Waals surface area (Å²) in [6, 6.07) is 25.0. The van der Waals surface area contributed by atoms with Crippen LogP contribution in [0.1, 0.15) is 37.4 Å². The normalized spacial score (nSPS) is 10.7. The fraction of sp³-hybridized carbons (Fsp3) is 0.0370. The maximum atomic E-state index is 12.5. The van der Waals surface area contributed by atoms with Crippen molar-refractivity contribution in [3.8, 4) is 0 Å². The smallest absolute Gasteiger partial charge is 0.398 e. The van der Waals surface area contributed by atoms with Gasteiger partial charge in [0.1, 0.15) is 0 Å². The molecule has 0 aliphatic rings. The summed E-state index contributed by atoms with van der Waals surface area (Å²) in [6.07, 6.45) is -4.47. The third-order valence-corrected chi connectivity index (χ3v) is 5.28. The predicted molar refractivity (Wildman–Crippen MR) is 131 cm³/mol. The van der Waals surface area contributed by atoms with E-state index in [-0.39, 0.29) is 17.0 Å². The Morgan fingerprint density at radius 1 is 0.657 bits per heavy atom. The van der Waals surface area contributed by atoms with Crippen LogP contribution in [-0.2, 0) is 6.18 Å². The number of rotatable bonds is 4. The first-order valence-electron chi connectivity index (χ1n) is 10.3. The van der Waals surface area contributed by atoms with E-state index in [1.807, 2.05) is 6.07 Å². The molecule has 0 aliphatic heterocycles. The van der Waals surface area contributed by atoms with Crippen molar-refractivity contribution in [1.82, 2.24) is 0 Å². The van der Waals surface area contributed by atoms with Crippen molar-refractivity contribution in [3.63, 3.8) is 0 Å². The van der Waals surface area contributed by atoms with Crippen LogP contribution < -0.4 is 11.5 Å². The van der Waals surface area contributed by atoms with E-state index in [1.54, 1.807) is 72.8 Å². The number of hydrogen-bond acceptors (Lipinski definition) is 4. The van der Waals surface area contributed by atoms with Gasteiger partial charge in [0.25, 0.3) is 0 Å². The number of anilines is 2. The van der Waals surface area contributed by atoms with Gasteiger partial charge in [0.05, 0.1) is 16.1 Å². The molecule has 4 rings (SSSR count). The largest absolute Gasteiger partial charge is 0.416 e. The molecule has 4 aromatic carbocycles. The maximum absolute atomic E-state index is 12.5. The molecule has 8 heteroatoms. The van der Waals surface area contributed by atoms with Crippen molar-refractivity contribution >= 4 is 34.5 Å². The van der Waals surface area contributed by atoms with Crippen LogP contribution in [0, 0.1) is 0 Å². The van der Waals surface area contributed by atoms with E-state index in [0.717, 1.165) is 18.2 Å². The molecule has 0 unspecified atom stereocenters. The standard InChI is InChI=1S/C14H10F3NO.C13H10ClNO/c15-14(16,17)10-6-7-11(12(18)8-10)13(19)9-4-2-1-3-5-9;14-10-7-4-8-11(15)12(10)13(16)9-5-2-1-3-6-9/h1-8H,18H2;1-8H,15H2. The lowest BCUT2D eigenvalue weighted by atomic mass is 10.00. The molecule has 0 bridgehead atoms. The molecule has 4 aromatic rings. The lowest BCUT2D eigenvalue weighted by molar-refractivity contribution is -0.137. The van der Waals surface area contributed by atoms with Gasteiger partial charge in [0.15, 0.2) is 11.6 Å². The van der Waals surface area contributed by atoms with Crippen LogP contribution in [-0.4, -0.2) is 11.6 Å². The maximum Gasteiger partial charge on any atom is 0.416 e. The third kappa shape index (κ3) is 6.28. The molecule has 0 atom stereocenters. The first kappa shape index (κ1) is 25.5. The average molecular weight is 497 g/mol. The summed E-state index contributed by atoms with van der Waals surface area (Å²) in [5.74, 6) is -0.546. The SMILES string of the molecule is Nc1cc(C(F)(F)F)ccc1C(=O)c1ccccc1.Nc1cccc(Cl)c1C(=O)c1ccccc1. The van der Waals surface area contributed by atoms with Gasteiger partial charge in [-0.15, -0.1) is 0 Å². The molecule has 0 aromatic heterocycles. The van der Waals surface area contributed by atoms with E-state index in [2.05, 4.69) is 0 Å². The third-order valence-electron chi connectivity index (χ3n) is 4.97. The van der Waals surface area contributed by atoms with Gasteiger partial charge in [0.2, 0.25) is 0 Å². The summed E-state index contributed by atoms with van der Waals surface area (Å²) in [7, 11) is 0. The van der Waals surface area contributed by atoms with Crippen LogP contribution in [0.4, 0.5) is 24.5 Å². The summed E-state index contributed by atoms with van der Waals surface area (Å²) in [4.78, 5) is 24.2. The summed E-state index contributed by atoms with van der Waals surface area (Å²) in [5, 5.41) is 0.383. The second-order valence-electron chi connectivity index (χ2n) is 7.39. The lowest BCUT2D eigenvalue weighted by Crippen LogP contribution is -2.10. The zero-order valence-electron chi connectivity index (χ0n) is 18.2. The van der Waals surface area contributed by atoms with Crippen LogP contribution >= 0.6 is 11.6 Å². The molecular formula is C27H20ClF3N2O2. The Bertz CT molecular complexity index is 1320. The first-order chi connectivity index (χ1) is 16.6. The lowest BCUT2D eigenvalue weighted by Gasteiger charge is -2.10. The highest BCUT2D eigenvalue weighted by Crippen LogP contribution is 2.32. The number of carbonyl (C=O) groups is 2. The van der Waals surface area contributed by atoms with E-state index in [0.29, 0.717) is 27.4 Å². The Morgan fingerprint density at radius 2 is 1.20 bits per heavy atom. The molecule has 178 valence electrons. The van der Waals surface area contributed by atoms with Crippen molar-refractivity contribution in [2.24, 2.45) is 0 Å². The van der Waals surface area contributed by atoms with E-state index in [1.165, 1.54) is 0 Å². The van der Waals surface area contributed by atoms with Gasteiger partial charge in [0, 0.05) is 28.1 Å². The van der Waals surface area contributed by atoms with E-state index >= 15 is 0 Å². The summed E-state index contributed by atoms with van der Waals surface area (Å²) < 4.78 is 37.4. The molecule has 0 saturated carbocycles. The number of nitrogens with two attached hydrogens (primary N) is 2. The van der Waals surface area contributed by atoms with Gasteiger partial charge in [-0.1, -0.05) is 78.3 Å². The molecule has 0 fully saturated rings. The average Bonchev–Trinajstić information content (AvgIpc) is 2.84. The molecule has 0 saturated heterocycles. The Hall–Kier alpha value is -4.10. The molecule has 0 heterocycles. The van der Waals surface area contributed by atoms with Gasteiger partial charge in [-0.2, -0.15) is 13.2 Å². The molecular weight excluding hydrogens is 477 g/mol. The molecule has 35 heavy (non-hydrogen) atoms. The second-order valence-corrected chi connectivity index (χ2v) is 7.80. The van der Waals surface area contributed by atoms with E-state index < -0.39 is 17.5 Å². The number of carbonyl (C=O) groups excluding carboxylic acids is 2. The van der Waals surface area contributed by atoms with E-state index in [4.69, 9.17) is 23.1 Å². The molecule has 4 nitrogen and oxygen atoms in total. The first-order valence-corrected chi connectivity index (χ1v) is 10.7. The summed E-state index contributed by atoms with van der Waals surface area (Å²) in [6.45, 7) is 0. The molecule has 0 amide bonds. The van der Waals surface area contributed by atoms with Gasteiger partial charge in [-0.25, -0.2) is 0 Å². The van der Waals surface area contributed by atoms with Crippen LogP contribution in [0.5, 0.6) is 0 Å². The fourth-order valence-electron chi connectivity index (χ4n) is 3.21. The fourth-order valence-corrected chi connectivity index (χ4v) is 3.47. The highest BCUT2D eigenvalue weighted by atomic mass is 35.5. The topological polar surface area (TPSA) is 86.2 Å². The summed E-state index contributed by atoms with van der Waals surface area (Å²) >= 11 is 5.97. The number of halogens is 4. The minimum absolute atomic E-state index is 0.0687. The van der Waals surface area contributed by atoms with Gasteiger partial charge >= 0.3 is 6.18 Å². The van der Waals surface area contributed by atoms with Crippen LogP contribution in [0.25, 0.3) is 0 Å². The highest BCUT2D eigenvalue weighted by molar-refractivity contribution is 6.35. The van der Waals surface area contributed by atoms with Crippen LogP contribution in [0.3, 0.4) is 0 Å². The van der Waals surface area contributed by atoms with Crippen molar-refractivity contribution < 1.29 is 22.8 Å². The van der Waals surface area contributed by atoms with Gasteiger partial charge in [-0.05, 0) is 30.3 Å². The Balaban J connectivity index is 0.000000198. The molecule has 0 aliphatic carbocycles. The van der Waals surface area contributed by atoms with Crippen molar-refractivity contribution in [2.45, 2.75) is 6.18 Å². The highest BCUT2D eigenvalue weighted by Gasteiger charge is 2.31. The van der Waals surface area contributed by atoms with E-state index in [9.17, 15) is 22.8 Å². The predicted octanol–water partition coefficient (Wildman–Crippen LogP) is 6.67. The molecule has 0 radical (unpaired) electrons. The monoisotopic (exact) mass is 496 g/mol. The Kier molecular flexibility index (Phi) is 7.94. The van der Waals surface area contributed by atoms with Crippen LogP contribution in [0.2, 0.25) is 5.02 Å². The number of hydrogen-bond donors (Lipinski definition) is 2. The number of nitrogen functional groups attached to an aromatic ring is 2. The number of ketones is 2. The zero-order valence-corrected chi connectivity index (χ0v) is 19.0. The zero-order chi connectivity index (χ0) is 25.6. The molecule has 0 spiro atoms. The molecule has 4 N–H and O–H groups in total. The quantitative estimate of drug-likeness (QED) is 0.244. The van der Waals surface area contributed by atoms with Crippen molar-refractivity contribution in [1.29, 1.82) is 0 Å². The Labute approximate surface area is 205 Å². The second kappa shape index (κ2) is 10.9. The van der Waals surface area contributed by atoms with Crippen molar-refractivity contribution in [2.75, 3.05) is 11.5 Å². The minimum Gasteiger partial charge on any atom is -0.398 e. The minimum atomic E-state index is -4.47. The van der Waals surface area contributed by atoms with Crippen LogP contribution in [0.15, 0.2) is 97.1 Å². The van der Waals surface area contributed by atoms with Crippen molar-refractivity contribution in [3.05, 3.63) is 130 Å². The Morgan fingerprint density at radius 3 is 1.69 bits per heavy atom. The number of alkyl halides is 3. The summed E-state index contributed by atoms with van der Waals surface area (Å²) in [5.41, 5.74) is 12.1. The number of benzene rings is 4. The van der Waals surface area contributed by atoms with Gasteiger partial charge < -0.3 is 11.5 Å². The van der Waals surface area contributed by atoms with Gasteiger partial charge in [-0.3, -0.25) is 9.59 Å².